The molecule has 1 aromatic heterocycles. The van der Waals surface area contributed by atoms with Gasteiger partial charge in [-0.05, 0) is 12.1 Å². The lowest BCUT2D eigenvalue weighted by Gasteiger charge is -1.96. The van der Waals surface area contributed by atoms with Crippen molar-refractivity contribution in [3.05, 3.63) is 35.2 Å². The van der Waals surface area contributed by atoms with Gasteiger partial charge in [0.1, 0.15) is 16.7 Å². The fraction of sp³-hybridized carbons (Fsp3) is 0. The summed E-state index contributed by atoms with van der Waals surface area (Å²) in [6.07, 6.45) is 0. The fourth-order valence-corrected chi connectivity index (χ4v) is 1.44. The highest BCUT2D eigenvalue weighted by Gasteiger charge is 2.08. The summed E-state index contributed by atoms with van der Waals surface area (Å²) in [5.41, 5.74) is 6.47. The van der Waals surface area contributed by atoms with Crippen molar-refractivity contribution in [1.29, 1.82) is 0 Å². The molecule has 0 bridgehead atoms. The summed E-state index contributed by atoms with van der Waals surface area (Å²) in [6.45, 7) is 0. The lowest BCUT2D eigenvalue weighted by molar-refractivity contribution is 0.628. The highest BCUT2D eigenvalue weighted by atomic mass is 35.5. The second-order valence-corrected chi connectivity index (χ2v) is 3.17. The first kappa shape index (κ1) is 9.02. The third-order valence-corrected chi connectivity index (χ3v) is 2.05. The lowest BCUT2D eigenvalue weighted by Crippen LogP contribution is -1.85. The zero-order valence-corrected chi connectivity index (χ0v) is 7.85. The number of hydrogen-bond donors (Lipinski definition) is 2. The first-order chi connectivity index (χ1) is 6.66. The summed E-state index contributed by atoms with van der Waals surface area (Å²) in [5, 5.41) is 0.313. The number of benzene rings is 1. The van der Waals surface area contributed by atoms with Gasteiger partial charge in [0.25, 0.3) is 0 Å². The first-order valence-electron chi connectivity index (χ1n) is 3.94. The molecule has 0 aliphatic carbocycles. The van der Waals surface area contributed by atoms with Gasteiger partial charge in [-0.3, -0.25) is 0 Å². The molecule has 0 aliphatic rings. The van der Waals surface area contributed by atoms with Crippen molar-refractivity contribution < 1.29 is 4.39 Å². The monoisotopic (exact) mass is 211 g/mol. The molecule has 0 fully saturated rings. The Balaban J connectivity index is 2.54. The largest absolute Gasteiger partial charge is 0.369 e. The molecule has 5 heteroatoms. The highest BCUT2D eigenvalue weighted by molar-refractivity contribution is 6.32. The standard InChI is InChI=1S/C9H7ClFN3/c10-8-7(13-9(12)14-8)5-2-1-3-6(11)4-5/h1-4H,(H3,12,13,14). The van der Waals surface area contributed by atoms with Crippen molar-refractivity contribution in [2.45, 2.75) is 0 Å². The average molecular weight is 212 g/mol. The maximum atomic E-state index is 12.9. The van der Waals surface area contributed by atoms with E-state index in [1.165, 1.54) is 12.1 Å². The highest BCUT2D eigenvalue weighted by Crippen LogP contribution is 2.26. The molecule has 0 saturated carbocycles. The van der Waals surface area contributed by atoms with E-state index in [0.717, 1.165) is 0 Å². The summed E-state index contributed by atoms with van der Waals surface area (Å²) >= 11 is 5.81. The molecule has 0 amide bonds. The van der Waals surface area contributed by atoms with Gasteiger partial charge in [-0.1, -0.05) is 23.7 Å². The van der Waals surface area contributed by atoms with Gasteiger partial charge in [0.15, 0.2) is 5.95 Å². The van der Waals surface area contributed by atoms with Crippen molar-refractivity contribution >= 4 is 17.5 Å². The van der Waals surface area contributed by atoms with Crippen LogP contribution in [0.4, 0.5) is 10.3 Å². The number of imidazole rings is 1. The van der Waals surface area contributed by atoms with Gasteiger partial charge in [0, 0.05) is 5.56 Å². The zero-order chi connectivity index (χ0) is 10.1. The zero-order valence-electron chi connectivity index (χ0n) is 7.09. The number of halogens is 2. The van der Waals surface area contributed by atoms with Gasteiger partial charge in [0.2, 0.25) is 0 Å². The van der Waals surface area contributed by atoms with Gasteiger partial charge < -0.3 is 10.7 Å². The molecule has 0 saturated heterocycles. The third kappa shape index (κ3) is 1.56. The number of nitrogens with zero attached hydrogens (tertiary/aromatic N) is 1. The van der Waals surface area contributed by atoms with Crippen LogP contribution < -0.4 is 5.73 Å². The van der Waals surface area contributed by atoms with E-state index < -0.39 is 0 Å². The van der Waals surface area contributed by atoms with Crippen LogP contribution in [0.15, 0.2) is 24.3 Å². The minimum atomic E-state index is -0.333. The predicted octanol–water partition coefficient (Wildman–Crippen LogP) is 2.45. The smallest absolute Gasteiger partial charge is 0.199 e. The Kier molecular flexibility index (Phi) is 2.13. The molecular formula is C9H7ClFN3. The first-order valence-corrected chi connectivity index (χ1v) is 4.31. The van der Waals surface area contributed by atoms with Crippen molar-refractivity contribution in [2.75, 3.05) is 5.73 Å². The van der Waals surface area contributed by atoms with Crippen molar-refractivity contribution in [3.63, 3.8) is 0 Å². The summed E-state index contributed by atoms with van der Waals surface area (Å²) < 4.78 is 12.9. The van der Waals surface area contributed by atoms with E-state index in [1.54, 1.807) is 12.1 Å². The van der Waals surface area contributed by atoms with E-state index in [9.17, 15) is 4.39 Å². The van der Waals surface area contributed by atoms with E-state index in [2.05, 4.69) is 9.97 Å². The number of hydrogen-bond acceptors (Lipinski definition) is 2. The van der Waals surface area contributed by atoms with Crippen LogP contribution in [0.5, 0.6) is 0 Å². The van der Waals surface area contributed by atoms with E-state index in [-0.39, 0.29) is 11.8 Å². The molecule has 1 aromatic carbocycles. The van der Waals surface area contributed by atoms with Gasteiger partial charge in [-0.2, -0.15) is 0 Å². The quantitative estimate of drug-likeness (QED) is 0.761. The number of H-pyrrole nitrogens is 1. The van der Waals surface area contributed by atoms with Crippen molar-refractivity contribution in [1.82, 2.24) is 9.97 Å². The third-order valence-electron chi connectivity index (χ3n) is 1.78. The van der Waals surface area contributed by atoms with Gasteiger partial charge in [-0.25, -0.2) is 9.37 Å². The molecule has 0 spiro atoms. The Labute approximate surface area is 84.7 Å². The van der Waals surface area contributed by atoms with Crippen LogP contribution in [0.2, 0.25) is 5.15 Å². The van der Waals surface area contributed by atoms with E-state index >= 15 is 0 Å². The second kappa shape index (κ2) is 3.31. The number of aromatic nitrogens is 2. The molecule has 1 heterocycles. The van der Waals surface area contributed by atoms with Crippen LogP contribution in [0.3, 0.4) is 0 Å². The number of nitrogens with one attached hydrogen (secondary N) is 1. The van der Waals surface area contributed by atoms with Gasteiger partial charge in [-0.15, -0.1) is 0 Å². The van der Waals surface area contributed by atoms with E-state index in [4.69, 9.17) is 17.3 Å². The Morgan fingerprint density at radius 2 is 2.21 bits per heavy atom. The molecule has 3 N–H and O–H groups in total. The van der Waals surface area contributed by atoms with E-state index in [0.29, 0.717) is 16.4 Å². The van der Waals surface area contributed by atoms with Crippen LogP contribution in [0.1, 0.15) is 0 Å². The SMILES string of the molecule is Nc1nc(-c2cccc(F)c2)c(Cl)[nH]1. The Morgan fingerprint density at radius 1 is 1.43 bits per heavy atom. The number of nitrogens with two attached hydrogens (primary N) is 1. The minimum absolute atomic E-state index is 0.217. The maximum absolute atomic E-state index is 12.9. The summed E-state index contributed by atoms with van der Waals surface area (Å²) in [4.78, 5) is 6.58. The topological polar surface area (TPSA) is 54.7 Å². The summed E-state index contributed by atoms with van der Waals surface area (Å²) in [6, 6.07) is 6.01. The minimum Gasteiger partial charge on any atom is -0.369 e. The Morgan fingerprint density at radius 3 is 2.79 bits per heavy atom. The Bertz CT molecular complexity index is 467. The fourth-order valence-electron chi connectivity index (χ4n) is 1.20. The molecule has 2 aromatic rings. The predicted molar refractivity (Wildman–Crippen MR) is 53.4 cm³/mol. The molecule has 0 unspecified atom stereocenters. The van der Waals surface area contributed by atoms with Crippen LogP contribution in [0, 0.1) is 5.82 Å². The van der Waals surface area contributed by atoms with Gasteiger partial charge >= 0.3 is 0 Å². The number of rotatable bonds is 1. The van der Waals surface area contributed by atoms with Crippen LogP contribution in [-0.2, 0) is 0 Å². The number of anilines is 1. The van der Waals surface area contributed by atoms with Crippen molar-refractivity contribution in [3.8, 4) is 11.3 Å². The maximum Gasteiger partial charge on any atom is 0.199 e. The molecule has 72 valence electrons. The van der Waals surface area contributed by atoms with Crippen LogP contribution >= 0.6 is 11.6 Å². The van der Waals surface area contributed by atoms with Crippen LogP contribution in [0.25, 0.3) is 11.3 Å². The molecule has 2 rings (SSSR count). The van der Waals surface area contributed by atoms with E-state index in [1.807, 2.05) is 0 Å². The summed E-state index contributed by atoms with van der Waals surface area (Å²) in [5.74, 6) is -0.116. The average Bonchev–Trinajstić information content (AvgIpc) is 2.45. The molecule has 0 aliphatic heterocycles. The molecule has 3 nitrogen and oxygen atoms in total. The Hall–Kier alpha value is -1.55. The molecular weight excluding hydrogens is 205 g/mol. The molecule has 0 radical (unpaired) electrons. The van der Waals surface area contributed by atoms with Gasteiger partial charge in [0.05, 0.1) is 0 Å². The second-order valence-electron chi connectivity index (χ2n) is 2.79. The summed E-state index contributed by atoms with van der Waals surface area (Å²) in [7, 11) is 0. The van der Waals surface area contributed by atoms with Crippen LogP contribution in [-0.4, -0.2) is 9.97 Å². The lowest BCUT2D eigenvalue weighted by atomic mass is 10.2. The normalized spacial score (nSPS) is 10.4. The number of nitrogen functional groups attached to an aromatic ring is 1. The van der Waals surface area contributed by atoms with Crippen molar-refractivity contribution in [2.24, 2.45) is 0 Å². The number of aromatic amines is 1. The molecule has 0 atom stereocenters. The molecule has 14 heavy (non-hydrogen) atoms.